The van der Waals surface area contributed by atoms with Crippen LogP contribution in [0.5, 0.6) is 0 Å². The van der Waals surface area contributed by atoms with Crippen molar-refractivity contribution in [3.63, 3.8) is 0 Å². The minimum absolute atomic E-state index is 0.0227. The zero-order valence-corrected chi connectivity index (χ0v) is 19.2. The lowest BCUT2D eigenvalue weighted by atomic mass is 10.1. The van der Waals surface area contributed by atoms with E-state index in [0.717, 1.165) is 17.3 Å². The number of amides is 3. The van der Waals surface area contributed by atoms with Crippen LogP contribution in [-0.2, 0) is 16.1 Å². The Morgan fingerprint density at radius 3 is 2.30 bits per heavy atom. The van der Waals surface area contributed by atoms with E-state index in [-0.39, 0.29) is 28.7 Å². The Balaban J connectivity index is 1.53. The molecule has 0 aliphatic heterocycles. The van der Waals surface area contributed by atoms with Crippen LogP contribution in [0.4, 0.5) is 5.69 Å². The molecule has 2 aromatic carbocycles. The fourth-order valence-electron chi connectivity index (χ4n) is 3.06. The first-order valence-electron chi connectivity index (χ1n) is 10.4. The van der Waals surface area contributed by atoms with Crippen molar-refractivity contribution in [2.24, 2.45) is 0 Å². The molecule has 0 aliphatic carbocycles. The van der Waals surface area contributed by atoms with Gasteiger partial charge < -0.3 is 5.32 Å². The first-order valence-corrected chi connectivity index (χ1v) is 11.6. The van der Waals surface area contributed by atoms with E-state index in [2.05, 4.69) is 21.3 Å². The summed E-state index contributed by atoms with van der Waals surface area (Å²) in [5.74, 6) is -1.27. The molecule has 0 spiro atoms. The first-order chi connectivity index (χ1) is 15.9. The molecule has 3 rings (SSSR count). The molecule has 0 radical (unpaired) electrons. The number of carbonyl (C=O) groups excluding carboxylic acids is 3. The van der Waals surface area contributed by atoms with E-state index < -0.39 is 11.8 Å². The quantitative estimate of drug-likeness (QED) is 0.437. The first kappa shape index (κ1) is 24.0. The summed E-state index contributed by atoms with van der Waals surface area (Å²) in [7, 11) is 0. The summed E-state index contributed by atoms with van der Waals surface area (Å²) in [6.45, 7) is 4.23. The van der Waals surface area contributed by atoms with E-state index in [1.54, 1.807) is 24.3 Å². The summed E-state index contributed by atoms with van der Waals surface area (Å²) in [5, 5.41) is 7.72. The molecule has 3 aromatic rings. The van der Waals surface area contributed by atoms with Gasteiger partial charge in [0.1, 0.15) is 0 Å². The second-order valence-corrected chi connectivity index (χ2v) is 8.32. The summed E-state index contributed by atoms with van der Waals surface area (Å²) in [6.07, 6.45) is 0.678. The molecular weight excluding hydrogens is 442 g/mol. The topological polar surface area (TPSA) is 122 Å². The van der Waals surface area contributed by atoms with Gasteiger partial charge in [-0.2, -0.15) is 5.10 Å². The van der Waals surface area contributed by atoms with Crippen molar-refractivity contribution in [1.29, 1.82) is 0 Å². The third-order valence-corrected chi connectivity index (χ3v) is 5.57. The normalized spacial score (nSPS) is 10.6. The molecule has 3 amide bonds. The molecule has 0 bridgehead atoms. The number of hydrogen-bond donors (Lipinski definition) is 3. The summed E-state index contributed by atoms with van der Waals surface area (Å²) < 4.78 is 1.25. The van der Waals surface area contributed by atoms with Crippen molar-refractivity contribution in [3.05, 3.63) is 70.1 Å². The van der Waals surface area contributed by atoms with Gasteiger partial charge in [0.25, 0.3) is 11.5 Å². The molecule has 33 heavy (non-hydrogen) atoms. The van der Waals surface area contributed by atoms with Crippen molar-refractivity contribution in [1.82, 2.24) is 20.6 Å². The number of anilines is 1. The van der Waals surface area contributed by atoms with Crippen LogP contribution < -0.4 is 21.7 Å². The van der Waals surface area contributed by atoms with Crippen molar-refractivity contribution in [2.45, 2.75) is 26.8 Å². The van der Waals surface area contributed by atoms with Crippen LogP contribution in [0.25, 0.3) is 10.8 Å². The third kappa shape index (κ3) is 6.42. The molecule has 0 atom stereocenters. The number of benzene rings is 2. The Labute approximate surface area is 194 Å². The Morgan fingerprint density at radius 2 is 1.61 bits per heavy atom. The van der Waals surface area contributed by atoms with Crippen LogP contribution in [0.2, 0.25) is 0 Å². The van der Waals surface area contributed by atoms with Crippen LogP contribution in [0.3, 0.4) is 0 Å². The largest absolute Gasteiger partial charge is 0.325 e. The van der Waals surface area contributed by atoms with Gasteiger partial charge in [-0.05, 0) is 31.5 Å². The number of aryl methyl sites for hydroxylation is 2. The SMILES string of the molecule is CCCn1nc(C(=O)NNC(=O)CSCC(=O)Nc2ccc(C)cc2)c2ccccc2c1=O. The van der Waals surface area contributed by atoms with Gasteiger partial charge in [-0.15, -0.1) is 11.8 Å². The predicted octanol–water partition coefficient (Wildman–Crippen LogP) is 2.25. The van der Waals surface area contributed by atoms with Crippen molar-refractivity contribution >= 4 is 45.9 Å². The standard InChI is InChI=1S/C23H25N5O4S/c1-3-12-28-23(32)18-7-5-4-6-17(18)21(27-28)22(31)26-25-20(30)14-33-13-19(29)24-16-10-8-15(2)9-11-16/h4-11H,3,12-14H2,1-2H3,(H,24,29)(H,25,30)(H,26,31). The third-order valence-electron chi connectivity index (χ3n) is 4.64. The van der Waals surface area contributed by atoms with Gasteiger partial charge in [-0.3, -0.25) is 30.0 Å². The summed E-state index contributed by atoms with van der Waals surface area (Å²) in [6, 6.07) is 14.1. The number of hydrazine groups is 1. The molecule has 0 saturated heterocycles. The zero-order valence-electron chi connectivity index (χ0n) is 18.4. The zero-order chi connectivity index (χ0) is 23.8. The average molecular weight is 468 g/mol. The highest BCUT2D eigenvalue weighted by molar-refractivity contribution is 8.00. The van der Waals surface area contributed by atoms with Crippen LogP contribution in [-0.4, -0.2) is 39.0 Å². The van der Waals surface area contributed by atoms with Gasteiger partial charge >= 0.3 is 0 Å². The fraction of sp³-hybridized carbons (Fsp3) is 0.261. The Bertz CT molecular complexity index is 1220. The number of aromatic nitrogens is 2. The number of thioether (sulfide) groups is 1. The van der Waals surface area contributed by atoms with Crippen LogP contribution in [0.1, 0.15) is 29.4 Å². The monoisotopic (exact) mass is 467 g/mol. The van der Waals surface area contributed by atoms with Crippen molar-refractivity contribution in [3.8, 4) is 0 Å². The Hall–Kier alpha value is -3.66. The molecule has 0 unspecified atom stereocenters. The van der Waals surface area contributed by atoms with Gasteiger partial charge in [0.05, 0.1) is 16.9 Å². The highest BCUT2D eigenvalue weighted by atomic mass is 32.2. The number of hydrogen-bond acceptors (Lipinski definition) is 6. The smallest absolute Gasteiger partial charge is 0.290 e. The molecule has 10 heteroatoms. The Kier molecular flexibility index (Phi) is 8.20. The maximum atomic E-state index is 12.7. The lowest BCUT2D eigenvalue weighted by Gasteiger charge is -2.11. The van der Waals surface area contributed by atoms with E-state index in [1.807, 2.05) is 38.1 Å². The summed E-state index contributed by atoms with van der Waals surface area (Å²) >= 11 is 1.12. The van der Waals surface area contributed by atoms with E-state index in [4.69, 9.17) is 0 Å². The number of rotatable bonds is 8. The molecule has 1 aromatic heterocycles. The van der Waals surface area contributed by atoms with Gasteiger partial charge in [0.2, 0.25) is 11.8 Å². The maximum Gasteiger partial charge on any atom is 0.290 e. The van der Waals surface area contributed by atoms with E-state index in [0.29, 0.717) is 29.4 Å². The molecule has 0 aliphatic rings. The average Bonchev–Trinajstić information content (AvgIpc) is 2.81. The van der Waals surface area contributed by atoms with E-state index in [1.165, 1.54) is 4.68 Å². The molecular formula is C23H25N5O4S. The van der Waals surface area contributed by atoms with E-state index >= 15 is 0 Å². The van der Waals surface area contributed by atoms with Gasteiger partial charge in [0.15, 0.2) is 5.69 Å². The lowest BCUT2D eigenvalue weighted by molar-refractivity contribution is -0.119. The number of fused-ring (bicyclic) bond motifs is 1. The molecule has 9 nitrogen and oxygen atoms in total. The number of nitrogens with zero attached hydrogens (tertiary/aromatic N) is 2. The van der Waals surface area contributed by atoms with Crippen LogP contribution in [0, 0.1) is 6.92 Å². The van der Waals surface area contributed by atoms with Gasteiger partial charge in [0, 0.05) is 17.6 Å². The van der Waals surface area contributed by atoms with Gasteiger partial charge in [-0.25, -0.2) is 4.68 Å². The minimum atomic E-state index is -0.633. The lowest BCUT2D eigenvalue weighted by Crippen LogP contribution is -2.43. The second-order valence-electron chi connectivity index (χ2n) is 7.33. The van der Waals surface area contributed by atoms with Crippen molar-refractivity contribution in [2.75, 3.05) is 16.8 Å². The van der Waals surface area contributed by atoms with Crippen molar-refractivity contribution < 1.29 is 14.4 Å². The maximum absolute atomic E-state index is 12.7. The van der Waals surface area contributed by atoms with Gasteiger partial charge in [-0.1, -0.05) is 42.8 Å². The highest BCUT2D eigenvalue weighted by Crippen LogP contribution is 2.13. The molecule has 172 valence electrons. The molecule has 1 heterocycles. The summed E-state index contributed by atoms with van der Waals surface area (Å²) in [5.41, 5.74) is 6.21. The molecule has 0 saturated carbocycles. The predicted molar refractivity (Wildman–Crippen MR) is 129 cm³/mol. The summed E-state index contributed by atoms with van der Waals surface area (Å²) in [4.78, 5) is 49.3. The Morgan fingerprint density at radius 1 is 0.939 bits per heavy atom. The molecule has 3 N–H and O–H groups in total. The second kappa shape index (κ2) is 11.3. The number of carbonyl (C=O) groups is 3. The van der Waals surface area contributed by atoms with Crippen LogP contribution >= 0.6 is 11.8 Å². The highest BCUT2D eigenvalue weighted by Gasteiger charge is 2.17. The number of nitrogens with one attached hydrogen (secondary N) is 3. The van der Waals surface area contributed by atoms with Crippen LogP contribution in [0.15, 0.2) is 53.3 Å². The fourth-order valence-corrected chi connectivity index (χ4v) is 3.68. The minimum Gasteiger partial charge on any atom is -0.325 e. The van der Waals surface area contributed by atoms with E-state index in [9.17, 15) is 19.2 Å². The molecule has 0 fully saturated rings.